The molecule has 0 saturated carbocycles. The van der Waals surface area contributed by atoms with E-state index in [1.54, 1.807) is 6.26 Å². The average molecular weight is 461 g/mol. The number of benzene rings is 2. The summed E-state index contributed by atoms with van der Waals surface area (Å²) in [4.78, 5) is 15.4. The maximum atomic E-state index is 13.5. The number of carbonyl (C=O) groups is 1. The van der Waals surface area contributed by atoms with Crippen LogP contribution in [0.15, 0.2) is 82.6 Å². The van der Waals surface area contributed by atoms with Gasteiger partial charge in [-0.1, -0.05) is 72.4 Å². The van der Waals surface area contributed by atoms with Gasteiger partial charge in [-0.25, -0.2) is 0 Å². The van der Waals surface area contributed by atoms with Crippen LogP contribution in [0.25, 0.3) is 11.4 Å². The molecule has 4 rings (SSSR count). The molecule has 170 valence electrons. The monoisotopic (exact) mass is 460 g/mol. The van der Waals surface area contributed by atoms with Gasteiger partial charge in [0.15, 0.2) is 11.0 Å². The van der Waals surface area contributed by atoms with Crippen LogP contribution in [0.2, 0.25) is 0 Å². The minimum Gasteiger partial charge on any atom is -0.469 e. The number of carbonyl (C=O) groups excluding carboxylic acids is 1. The lowest BCUT2D eigenvalue weighted by atomic mass is 10.1. The lowest BCUT2D eigenvalue weighted by Gasteiger charge is -2.26. The van der Waals surface area contributed by atoms with E-state index < -0.39 is 0 Å². The van der Waals surface area contributed by atoms with Crippen molar-refractivity contribution in [3.05, 3.63) is 89.9 Å². The van der Waals surface area contributed by atoms with Crippen molar-refractivity contribution in [2.75, 3.05) is 6.54 Å². The van der Waals surface area contributed by atoms with E-state index in [1.165, 1.54) is 17.3 Å². The van der Waals surface area contributed by atoms with Gasteiger partial charge in [-0.05, 0) is 37.5 Å². The van der Waals surface area contributed by atoms with E-state index in [9.17, 15) is 4.79 Å². The number of furan rings is 1. The van der Waals surface area contributed by atoms with E-state index in [-0.39, 0.29) is 11.2 Å². The van der Waals surface area contributed by atoms with Crippen molar-refractivity contribution in [1.29, 1.82) is 0 Å². The zero-order valence-electron chi connectivity index (χ0n) is 19.1. The average Bonchev–Trinajstić information content (AvgIpc) is 3.42. The topological polar surface area (TPSA) is 64.2 Å². The highest BCUT2D eigenvalue weighted by atomic mass is 32.2. The lowest BCUT2D eigenvalue weighted by Crippen LogP contribution is -2.37. The van der Waals surface area contributed by atoms with Gasteiger partial charge >= 0.3 is 0 Å². The summed E-state index contributed by atoms with van der Waals surface area (Å²) in [5.41, 5.74) is 3.24. The Kier molecular flexibility index (Phi) is 7.29. The molecule has 33 heavy (non-hydrogen) atoms. The fraction of sp³-hybridized carbons (Fsp3) is 0.269. The predicted octanol–water partition coefficient (Wildman–Crippen LogP) is 5.14. The molecule has 2 heterocycles. The number of thioether (sulfide) groups is 1. The van der Waals surface area contributed by atoms with Crippen LogP contribution in [0.1, 0.15) is 23.8 Å². The highest BCUT2D eigenvalue weighted by Crippen LogP contribution is 2.28. The number of hydrogen-bond donors (Lipinski definition) is 0. The van der Waals surface area contributed by atoms with E-state index in [2.05, 4.69) is 34.5 Å². The van der Waals surface area contributed by atoms with Crippen molar-refractivity contribution < 1.29 is 9.21 Å². The molecule has 0 spiro atoms. The molecule has 0 radical (unpaired) electrons. The van der Waals surface area contributed by atoms with Crippen LogP contribution in [0.5, 0.6) is 0 Å². The zero-order chi connectivity index (χ0) is 23.2. The lowest BCUT2D eigenvalue weighted by molar-refractivity contribution is -0.130. The SMILES string of the molecule is Cc1occc1-c1nnc(S[C@@H](C)C(=O)N(CCc2ccccc2)Cc2ccccc2)n1C. The molecule has 1 atom stereocenters. The molecule has 0 saturated heterocycles. The van der Waals surface area contributed by atoms with E-state index in [0.29, 0.717) is 18.2 Å². The largest absolute Gasteiger partial charge is 0.469 e. The number of aromatic nitrogens is 3. The number of rotatable bonds is 9. The van der Waals surface area contributed by atoms with Gasteiger partial charge in [0.25, 0.3) is 0 Å². The van der Waals surface area contributed by atoms with Crippen LogP contribution in [0.4, 0.5) is 0 Å². The molecule has 0 bridgehead atoms. The van der Waals surface area contributed by atoms with Crippen LogP contribution in [-0.2, 0) is 24.8 Å². The number of hydrogen-bond acceptors (Lipinski definition) is 5. The first kappa shape index (κ1) is 22.9. The summed E-state index contributed by atoms with van der Waals surface area (Å²) in [6, 6.07) is 22.3. The van der Waals surface area contributed by atoms with Crippen molar-refractivity contribution in [3.8, 4) is 11.4 Å². The van der Waals surface area contributed by atoms with Gasteiger partial charge in [-0.3, -0.25) is 4.79 Å². The maximum Gasteiger partial charge on any atom is 0.236 e. The Morgan fingerprint density at radius 1 is 1.03 bits per heavy atom. The van der Waals surface area contributed by atoms with Crippen LogP contribution in [0.3, 0.4) is 0 Å². The third-order valence-electron chi connectivity index (χ3n) is 5.61. The van der Waals surface area contributed by atoms with Crippen molar-refractivity contribution in [2.24, 2.45) is 7.05 Å². The summed E-state index contributed by atoms with van der Waals surface area (Å²) in [5.74, 6) is 1.61. The fourth-order valence-electron chi connectivity index (χ4n) is 3.71. The summed E-state index contributed by atoms with van der Waals surface area (Å²) in [7, 11) is 1.92. The summed E-state index contributed by atoms with van der Waals surface area (Å²) in [5, 5.41) is 9.07. The van der Waals surface area contributed by atoms with E-state index in [4.69, 9.17) is 4.42 Å². The van der Waals surface area contributed by atoms with Crippen molar-refractivity contribution in [1.82, 2.24) is 19.7 Å². The molecule has 0 aliphatic rings. The minimum absolute atomic E-state index is 0.0869. The second kappa shape index (κ2) is 10.5. The molecule has 2 aromatic carbocycles. The minimum atomic E-state index is -0.300. The number of nitrogens with zero attached hydrogens (tertiary/aromatic N) is 4. The molecule has 1 amide bonds. The van der Waals surface area contributed by atoms with E-state index in [1.807, 2.05) is 72.8 Å². The smallest absolute Gasteiger partial charge is 0.236 e. The Morgan fingerprint density at radius 3 is 2.33 bits per heavy atom. The van der Waals surface area contributed by atoms with Gasteiger partial charge in [-0.15, -0.1) is 10.2 Å². The van der Waals surface area contributed by atoms with E-state index in [0.717, 1.165) is 29.1 Å². The molecule has 0 unspecified atom stereocenters. The first-order valence-electron chi connectivity index (χ1n) is 11.0. The highest BCUT2D eigenvalue weighted by molar-refractivity contribution is 8.00. The zero-order valence-corrected chi connectivity index (χ0v) is 20.0. The fourth-order valence-corrected chi connectivity index (χ4v) is 4.61. The molecular formula is C26H28N4O2S. The molecule has 4 aromatic rings. The van der Waals surface area contributed by atoms with Crippen LogP contribution in [0, 0.1) is 6.92 Å². The van der Waals surface area contributed by atoms with Crippen molar-refractivity contribution in [2.45, 2.75) is 37.2 Å². The predicted molar refractivity (Wildman–Crippen MR) is 131 cm³/mol. The van der Waals surface area contributed by atoms with Crippen LogP contribution >= 0.6 is 11.8 Å². The molecule has 2 aromatic heterocycles. The standard InChI is InChI=1S/C26H28N4O2S/c1-19-23(15-17-32-19)24-27-28-26(29(24)3)33-20(2)25(31)30(18-22-12-8-5-9-13-22)16-14-21-10-6-4-7-11-21/h4-13,15,17,20H,14,16,18H2,1-3H3/t20-/m0/s1. The first-order valence-corrected chi connectivity index (χ1v) is 11.9. The molecule has 0 aliphatic heterocycles. The Balaban J connectivity index is 1.49. The van der Waals surface area contributed by atoms with Gasteiger partial charge in [0.2, 0.25) is 5.91 Å². The quantitative estimate of drug-likeness (QED) is 0.324. The molecular weight excluding hydrogens is 432 g/mol. The molecule has 0 fully saturated rings. The van der Waals surface area contributed by atoms with Gasteiger partial charge < -0.3 is 13.9 Å². The second-order valence-electron chi connectivity index (χ2n) is 8.00. The van der Waals surface area contributed by atoms with E-state index >= 15 is 0 Å². The summed E-state index contributed by atoms with van der Waals surface area (Å²) in [6.07, 6.45) is 2.46. The summed E-state index contributed by atoms with van der Waals surface area (Å²) in [6.45, 7) is 5.07. The van der Waals surface area contributed by atoms with Crippen LogP contribution < -0.4 is 0 Å². The van der Waals surface area contributed by atoms with Crippen LogP contribution in [-0.4, -0.2) is 37.4 Å². The number of amides is 1. The molecule has 0 N–H and O–H groups in total. The van der Waals surface area contributed by atoms with Gasteiger partial charge in [-0.2, -0.15) is 0 Å². The summed E-state index contributed by atoms with van der Waals surface area (Å²) >= 11 is 1.43. The van der Waals surface area contributed by atoms with Gasteiger partial charge in [0.05, 0.1) is 17.1 Å². The van der Waals surface area contributed by atoms with Gasteiger partial charge in [0, 0.05) is 20.1 Å². The van der Waals surface area contributed by atoms with Gasteiger partial charge in [0.1, 0.15) is 5.76 Å². The Morgan fingerprint density at radius 2 is 1.70 bits per heavy atom. The maximum absolute atomic E-state index is 13.5. The second-order valence-corrected chi connectivity index (χ2v) is 9.30. The highest BCUT2D eigenvalue weighted by Gasteiger charge is 2.25. The summed E-state index contributed by atoms with van der Waals surface area (Å²) < 4.78 is 7.32. The molecule has 0 aliphatic carbocycles. The third-order valence-corrected chi connectivity index (χ3v) is 6.73. The number of aryl methyl sites for hydroxylation is 1. The molecule has 6 nitrogen and oxygen atoms in total. The normalized spacial score (nSPS) is 12.0. The Hall–Kier alpha value is -3.32. The van der Waals surface area contributed by atoms with Crippen molar-refractivity contribution in [3.63, 3.8) is 0 Å². The third kappa shape index (κ3) is 5.54. The first-order chi connectivity index (χ1) is 16.0. The Bertz CT molecular complexity index is 1190. The molecule has 7 heteroatoms. The van der Waals surface area contributed by atoms with Crippen molar-refractivity contribution >= 4 is 17.7 Å². The Labute approximate surface area is 198 Å².